The summed E-state index contributed by atoms with van der Waals surface area (Å²) >= 11 is 5.73. The number of pyridine rings is 1. The summed E-state index contributed by atoms with van der Waals surface area (Å²) in [5.41, 5.74) is 0.526. The minimum atomic E-state index is -1.08. The van der Waals surface area contributed by atoms with Gasteiger partial charge in [-0.3, -0.25) is 9.78 Å². The predicted molar refractivity (Wildman–Crippen MR) is 95.2 cm³/mol. The molecule has 0 saturated heterocycles. The number of fused-ring (bicyclic) bond motifs is 1. The van der Waals surface area contributed by atoms with Gasteiger partial charge in [-0.1, -0.05) is 17.3 Å². The Bertz CT molecular complexity index is 1020. The fourth-order valence-corrected chi connectivity index (χ4v) is 3.35. The minimum Gasteiger partial charge on any atom is -0.491 e. The van der Waals surface area contributed by atoms with Crippen LogP contribution in [0.4, 0.5) is 4.39 Å². The van der Waals surface area contributed by atoms with Crippen molar-refractivity contribution >= 4 is 17.5 Å². The number of benzene rings is 1. The molecule has 1 amide bonds. The van der Waals surface area contributed by atoms with Gasteiger partial charge in [0.05, 0.1) is 6.61 Å². The smallest absolute Gasteiger partial charge is 0.274 e. The highest BCUT2D eigenvalue weighted by molar-refractivity contribution is 6.29. The van der Waals surface area contributed by atoms with Crippen LogP contribution in [0.1, 0.15) is 33.7 Å². The van der Waals surface area contributed by atoms with Gasteiger partial charge in [0, 0.05) is 18.7 Å². The second-order valence-corrected chi connectivity index (χ2v) is 6.66. The number of halogens is 2. The van der Waals surface area contributed by atoms with Gasteiger partial charge in [0.2, 0.25) is 5.22 Å². The number of aryl methyl sites for hydroxylation is 1. The first kappa shape index (κ1) is 17.5. The van der Waals surface area contributed by atoms with Crippen LogP contribution in [0.25, 0.3) is 0 Å². The summed E-state index contributed by atoms with van der Waals surface area (Å²) in [5, 5.41) is 6.60. The van der Waals surface area contributed by atoms with Crippen LogP contribution in [0.2, 0.25) is 5.22 Å². The van der Waals surface area contributed by atoms with Crippen molar-refractivity contribution in [3.8, 4) is 5.75 Å². The van der Waals surface area contributed by atoms with E-state index in [0.29, 0.717) is 35.6 Å². The van der Waals surface area contributed by atoms with E-state index in [1.807, 2.05) is 0 Å². The molecule has 0 radical (unpaired) electrons. The van der Waals surface area contributed by atoms with Crippen LogP contribution in [-0.4, -0.2) is 22.7 Å². The Morgan fingerprint density at radius 1 is 1.33 bits per heavy atom. The first-order valence-electron chi connectivity index (χ1n) is 8.29. The maximum atomic E-state index is 14.3. The number of aromatic nitrogens is 2. The second kappa shape index (κ2) is 6.66. The van der Waals surface area contributed by atoms with Crippen LogP contribution in [0.5, 0.6) is 5.75 Å². The van der Waals surface area contributed by atoms with E-state index in [-0.39, 0.29) is 16.7 Å². The Morgan fingerprint density at radius 3 is 2.93 bits per heavy atom. The van der Waals surface area contributed by atoms with Crippen LogP contribution >= 0.6 is 11.6 Å². The monoisotopic (exact) mass is 387 g/mol. The number of hydrogen-bond acceptors (Lipinski definition) is 5. The SMILES string of the molecule is Cc1ccc([C@@]2(NC(=O)c3cc(Cl)on3)CCOc3cccnc32)cc1F. The molecule has 3 aromatic rings. The van der Waals surface area contributed by atoms with Crippen LogP contribution in [0.15, 0.2) is 47.1 Å². The lowest BCUT2D eigenvalue weighted by Gasteiger charge is -2.38. The van der Waals surface area contributed by atoms with E-state index in [9.17, 15) is 9.18 Å². The molecule has 6 nitrogen and oxygen atoms in total. The Labute approximate surface area is 159 Å². The number of amides is 1. The highest BCUT2D eigenvalue weighted by Crippen LogP contribution is 2.41. The lowest BCUT2D eigenvalue weighted by molar-refractivity contribution is 0.0874. The number of carbonyl (C=O) groups excluding carboxylic acids is 1. The maximum absolute atomic E-state index is 14.3. The van der Waals surface area contributed by atoms with Crippen molar-refractivity contribution in [1.82, 2.24) is 15.5 Å². The molecule has 0 fully saturated rings. The summed E-state index contributed by atoms with van der Waals surface area (Å²) in [6.07, 6.45) is 1.97. The largest absolute Gasteiger partial charge is 0.491 e. The summed E-state index contributed by atoms with van der Waals surface area (Å²) in [7, 11) is 0. The molecule has 4 rings (SSSR count). The van der Waals surface area contributed by atoms with Crippen LogP contribution in [0.3, 0.4) is 0 Å². The minimum absolute atomic E-state index is 0.00100. The van der Waals surface area contributed by atoms with Gasteiger partial charge in [0.1, 0.15) is 22.8 Å². The van der Waals surface area contributed by atoms with Gasteiger partial charge in [-0.2, -0.15) is 0 Å². The fourth-order valence-electron chi connectivity index (χ4n) is 3.21. The average molecular weight is 388 g/mol. The average Bonchev–Trinajstić information content (AvgIpc) is 3.11. The van der Waals surface area contributed by atoms with Crippen LogP contribution in [0, 0.1) is 12.7 Å². The van der Waals surface area contributed by atoms with E-state index in [2.05, 4.69) is 15.5 Å². The molecule has 0 aliphatic carbocycles. The van der Waals surface area contributed by atoms with Crippen molar-refractivity contribution in [2.24, 2.45) is 0 Å². The van der Waals surface area contributed by atoms with Crippen molar-refractivity contribution in [1.29, 1.82) is 0 Å². The molecule has 8 heteroatoms. The molecule has 0 saturated carbocycles. The quantitative estimate of drug-likeness (QED) is 0.742. The van der Waals surface area contributed by atoms with Crippen molar-refractivity contribution in [2.75, 3.05) is 6.61 Å². The zero-order valence-electron chi connectivity index (χ0n) is 14.3. The number of carbonyl (C=O) groups is 1. The van der Waals surface area contributed by atoms with Gasteiger partial charge in [-0.15, -0.1) is 0 Å². The summed E-state index contributed by atoms with van der Waals surface area (Å²) < 4.78 is 24.8. The molecule has 0 bridgehead atoms. The van der Waals surface area contributed by atoms with E-state index in [0.717, 1.165) is 0 Å². The number of hydrogen-bond donors (Lipinski definition) is 1. The molecule has 3 heterocycles. The highest BCUT2D eigenvalue weighted by atomic mass is 35.5. The van der Waals surface area contributed by atoms with Crippen molar-refractivity contribution in [3.05, 3.63) is 76.1 Å². The van der Waals surface area contributed by atoms with E-state index >= 15 is 0 Å². The Morgan fingerprint density at radius 2 is 2.19 bits per heavy atom. The number of nitrogens with one attached hydrogen (secondary N) is 1. The van der Waals surface area contributed by atoms with Crippen LogP contribution < -0.4 is 10.1 Å². The molecule has 1 aliphatic heterocycles. The van der Waals surface area contributed by atoms with Crippen molar-refractivity contribution in [2.45, 2.75) is 18.9 Å². The highest BCUT2D eigenvalue weighted by Gasteiger charge is 2.43. The van der Waals surface area contributed by atoms with Gasteiger partial charge in [0.15, 0.2) is 5.69 Å². The van der Waals surface area contributed by atoms with Gasteiger partial charge in [0.25, 0.3) is 5.91 Å². The predicted octanol–water partition coefficient (Wildman–Crippen LogP) is 3.63. The maximum Gasteiger partial charge on any atom is 0.274 e. The molecule has 0 unspecified atom stereocenters. The molecule has 1 N–H and O–H groups in total. The first-order valence-corrected chi connectivity index (χ1v) is 8.67. The first-order chi connectivity index (χ1) is 13.0. The summed E-state index contributed by atoms with van der Waals surface area (Å²) in [6, 6.07) is 9.68. The topological polar surface area (TPSA) is 77.2 Å². The molecule has 0 spiro atoms. The molecule has 1 aromatic carbocycles. The van der Waals surface area contributed by atoms with E-state index in [4.69, 9.17) is 20.9 Å². The Kier molecular flexibility index (Phi) is 4.31. The summed E-state index contributed by atoms with van der Waals surface area (Å²) in [4.78, 5) is 17.2. The van der Waals surface area contributed by atoms with Gasteiger partial charge < -0.3 is 14.6 Å². The van der Waals surface area contributed by atoms with Gasteiger partial charge >= 0.3 is 0 Å². The van der Waals surface area contributed by atoms with Gasteiger partial charge in [-0.25, -0.2) is 4.39 Å². The Balaban J connectivity index is 1.86. The molecule has 1 aliphatic rings. The molecule has 138 valence electrons. The third kappa shape index (κ3) is 3.04. The molecule has 2 aromatic heterocycles. The zero-order chi connectivity index (χ0) is 19.0. The zero-order valence-corrected chi connectivity index (χ0v) is 15.1. The number of ether oxygens (including phenoxy) is 1. The van der Waals surface area contributed by atoms with E-state index in [1.54, 1.807) is 37.4 Å². The third-order valence-corrected chi connectivity index (χ3v) is 4.79. The second-order valence-electron chi connectivity index (χ2n) is 6.29. The third-order valence-electron chi connectivity index (χ3n) is 4.62. The normalized spacial score (nSPS) is 18.5. The lowest BCUT2D eigenvalue weighted by Crippen LogP contribution is -2.50. The summed E-state index contributed by atoms with van der Waals surface area (Å²) in [6.45, 7) is 2.01. The molecule has 27 heavy (non-hydrogen) atoms. The standard InChI is InChI=1S/C19H15ClFN3O3/c1-11-4-5-12(9-13(11)21)19(23-18(25)14-10-16(20)27-24-14)6-8-26-15-3-2-7-22-17(15)19/h2-5,7,9-10H,6,8H2,1H3,(H,23,25)/t19-/m0/s1. The van der Waals surface area contributed by atoms with Crippen molar-refractivity contribution in [3.63, 3.8) is 0 Å². The molecule has 1 atom stereocenters. The van der Waals surface area contributed by atoms with E-state index < -0.39 is 11.4 Å². The fraction of sp³-hybridized carbons (Fsp3) is 0.211. The molecular formula is C19H15ClFN3O3. The Hall–Kier alpha value is -2.93. The van der Waals surface area contributed by atoms with E-state index in [1.165, 1.54) is 12.1 Å². The number of rotatable bonds is 3. The number of nitrogens with zero attached hydrogens (tertiary/aromatic N) is 2. The van der Waals surface area contributed by atoms with Gasteiger partial charge in [-0.05, 0) is 47.9 Å². The van der Waals surface area contributed by atoms with Crippen LogP contribution in [-0.2, 0) is 5.54 Å². The van der Waals surface area contributed by atoms with Crippen molar-refractivity contribution < 1.29 is 18.4 Å². The lowest BCUT2D eigenvalue weighted by atomic mass is 9.81. The summed E-state index contributed by atoms with van der Waals surface area (Å²) in [5.74, 6) is -0.345. The molecular weight excluding hydrogens is 373 g/mol.